The molecule has 2 aromatic heterocycles. The minimum atomic E-state index is -0.599. The molecule has 0 spiro atoms. The maximum atomic E-state index is 12.7. The second-order valence-electron chi connectivity index (χ2n) is 7.47. The first-order valence-electron chi connectivity index (χ1n) is 10.2. The van der Waals surface area contributed by atoms with Gasteiger partial charge in [0.2, 0.25) is 0 Å². The summed E-state index contributed by atoms with van der Waals surface area (Å²) in [5.41, 5.74) is 4.82. The van der Waals surface area contributed by atoms with Crippen LogP contribution in [-0.4, -0.2) is 38.2 Å². The molecule has 1 amide bonds. The first kappa shape index (κ1) is 21.8. The van der Waals surface area contributed by atoms with Crippen LogP contribution in [0.1, 0.15) is 22.6 Å². The molecular weight excluding hydrogens is 424 g/mol. The number of hydrogen-bond donors (Lipinski definition) is 2. The topological polar surface area (TPSA) is 123 Å². The van der Waals surface area contributed by atoms with Crippen molar-refractivity contribution in [3.63, 3.8) is 0 Å². The standard InChI is InChI=1S/C23H22N6O4/c1-14-8-10-17(11-9-14)28-22(31)19(15(2)27-28)12-24-26-21(30)13-33-29-16(3)25-20-7-5-4-6-18(20)23(29)32/h4-12,27H,13H2,1-3H3,(H,26,30)/b24-12+. The van der Waals surface area contributed by atoms with Crippen molar-refractivity contribution in [1.29, 1.82) is 0 Å². The van der Waals surface area contributed by atoms with E-state index < -0.39 is 18.1 Å². The molecule has 0 saturated heterocycles. The summed E-state index contributed by atoms with van der Waals surface area (Å²) in [4.78, 5) is 47.1. The Balaban J connectivity index is 1.43. The summed E-state index contributed by atoms with van der Waals surface area (Å²) in [5.74, 6) is -0.285. The molecule has 2 heterocycles. The van der Waals surface area contributed by atoms with Gasteiger partial charge in [0.25, 0.3) is 17.0 Å². The van der Waals surface area contributed by atoms with Gasteiger partial charge in [0.1, 0.15) is 5.82 Å². The third kappa shape index (κ3) is 4.45. The van der Waals surface area contributed by atoms with Crippen molar-refractivity contribution in [3.8, 4) is 5.69 Å². The SMILES string of the molecule is Cc1ccc(-n2[nH]c(C)c(/C=N/NC(=O)COn3c(C)nc4ccccc4c3=O)c2=O)cc1. The number of aryl methyl sites for hydroxylation is 3. The molecule has 33 heavy (non-hydrogen) atoms. The normalized spacial score (nSPS) is 11.2. The molecule has 0 atom stereocenters. The molecule has 4 rings (SSSR count). The number of aromatic amines is 1. The lowest BCUT2D eigenvalue weighted by Gasteiger charge is -2.10. The molecule has 0 fully saturated rings. The summed E-state index contributed by atoms with van der Waals surface area (Å²) in [7, 11) is 0. The van der Waals surface area contributed by atoms with E-state index in [0.717, 1.165) is 10.3 Å². The number of aromatic nitrogens is 4. The van der Waals surface area contributed by atoms with E-state index in [1.54, 1.807) is 38.1 Å². The zero-order valence-corrected chi connectivity index (χ0v) is 18.3. The van der Waals surface area contributed by atoms with Gasteiger partial charge in [-0.1, -0.05) is 29.8 Å². The third-order valence-corrected chi connectivity index (χ3v) is 5.01. The molecule has 168 valence electrons. The minimum absolute atomic E-state index is 0.296. The first-order valence-corrected chi connectivity index (χ1v) is 10.2. The van der Waals surface area contributed by atoms with Crippen LogP contribution in [0.3, 0.4) is 0 Å². The van der Waals surface area contributed by atoms with E-state index in [0.29, 0.717) is 33.7 Å². The van der Waals surface area contributed by atoms with E-state index in [-0.39, 0.29) is 5.56 Å². The Hall–Kier alpha value is -4.47. The van der Waals surface area contributed by atoms with E-state index in [1.165, 1.54) is 10.9 Å². The smallest absolute Gasteiger partial charge is 0.294 e. The second-order valence-corrected chi connectivity index (χ2v) is 7.47. The van der Waals surface area contributed by atoms with Crippen molar-refractivity contribution in [1.82, 2.24) is 24.9 Å². The average Bonchev–Trinajstić information content (AvgIpc) is 3.08. The van der Waals surface area contributed by atoms with Crippen molar-refractivity contribution >= 4 is 23.0 Å². The molecule has 2 N–H and O–H groups in total. The van der Waals surface area contributed by atoms with E-state index in [1.807, 2.05) is 31.2 Å². The number of nitrogens with one attached hydrogen (secondary N) is 2. The third-order valence-electron chi connectivity index (χ3n) is 5.01. The van der Waals surface area contributed by atoms with Gasteiger partial charge in [0.15, 0.2) is 6.61 Å². The number of carbonyl (C=O) groups excluding carboxylic acids is 1. The number of carbonyl (C=O) groups is 1. The number of nitrogens with zero attached hydrogens (tertiary/aromatic N) is 4. The highest BCUT2D eigenvalue weighted by Gasteiger charge is 2.12. The maximum Gasteiger partial charge on any atom is 0.294 e. The predicted octanol–water partition coefficient (Wildman–Crippen LogP) is 1.38. The van der Waals surface area contributed by atoms with Crippen molar-refractivity contribution in [2.45, 2.75) is 20.8 Å². The van der Waals surface area contributed by atoms with Crippen molar-refractivity contribution in [2.75, 3.05) is 6.61 Å². The molecule has 10 nitrogen and oxygen atoms in total. The van der Waals surface area contributed by atoms with Crippen LogP contribution in [0, 0.1) is 20.8 Å². The fourth-order valence-corrected chi connectivity index (χ4v) is 3.29. The molecule has 0 unspecified atom stereocenters. The van der Waals surface area contributed by atoms with Crippen LogP contribution in [0.5, 0.6) is 0 Å². The number of rotatable bonds is 6. The van der Waals surface area contributed by atoms with Crippen LogP contribution >= 0.6 is 0 Å². The summed E-state index contributed by atoms with van der Waals surface area (Å²) < 4.78 is 2.38. The Morgan fingerprint density at radius 1 is 1.09 bits per heavy atom. The summed E-state index contributed by atoms with van der Waals surface area (Å²) in [6, 6.07) is 14.3. The number of benzene rings is 2. The molecule has 10 heteroatoms. The lowest BCUT2D eigenvalue weighted by Crippen LogP contribution is -2.35. The van der Waals surface area contributed by atoms with Gasteiger partial charge in [-0.2, -0.15) is 5.10 Å². The van der Waals surface area contributed by atoms with E-state index in [4.69, 9.17) is 4.84 Å². The maximum absolute atomic E-state index is 12.7. The van der Waals surface area contributed by atoms with Crippen molar-refractivity contribution in [3.05, 3.63) is 91.9 Å². The summed E-state index contributed by atoms with van der Waals surface area (Å²) in [6.45, 7) is 4.85. The monoisotopic (exact) mass is 446 g/mol. The van der Waals surface area contributed by atoms with Gasteiger partial charge in [-0.25, -0.2) is 15.1 Å². The highest BCUT2D eigenvalue weighted by Crippen LogP contribution is 2.08. The Kier molecular flexibility index (Phi) is 5.90. The number of amides is 1. The van der Waals surface area contributed by atoms with E-state index >= 15 is 0 Å². The molecule has 0 aliphatic heterocycles. The highest BCUT2D eigenvalue weighted by molar-refractivity contribution is 5.83. The zero-order chi connectivity index (χ0) is 23.5. The molecule has 0 aliphatic carbocycles. The highest BCUT2D eigenvalue weighted by atomic mass is 16.7. The molecule has 0 bridgehead atoms. The Morgan fingerprint density at radius 2 is 1.82 bits per heavy atom. The van der Waals surface area contributed by atoms with Crippen LogP contribution < -0.4 is 21.4 Å². The second kappa shape index (κ2) is 8.95. The van der Waals surface area contributed by atoms with E-state index in [2.05, 4.69) is 20.6 Å². The van der Waals surface area contributed by atoms with Crippen molar-refractivity contribution < 1.29 is 9.63 Å². The summed E-state index contributed by atoms with van der Waals surface area (Å²) in [6.07, 6.45) is 1.27. The van der Waals surface area contributed by atoms with Gasteiger partial charge in [-0.05, 0) is 45.0 Å². The Morgan fingerprint density at radius 3 is 2.58 bits per heavy atom. The molecule has 0 radical (unpaired) electrons. The minimum Gasteiger partial charge on any atom is -0.399 e. The molecule has 2 aromatic carbocycles. The number of hydrazone groups is 1. The molecule has 4 aromatic rings. The van der Waals surface area contributed by atoms with Gasteiger partial charge < -0.3 is 4.84 Å². The zero-order valence-electron chi connectivity index (χ0n) is 18.3. The largest absolute Gasteiger partial charge is 0.399 e. The quantitative estimate of drug-likeness (QED) is 0.342. The fraction of sp³-hybridized carbons (Fsp3) is 0.174. The number of hydrogen-bond acceptors (Lipinski definition) is 6. The van der Waals surface area contributed by atoms with Crippen LogP contribution in [0.25, 0.3) is 16.6 Å². The van der Waals surface area contributed by atoms with Crippen LogP contribution in [-0.2, 0) is 4.79 Å². The van der Waals surface area contributed by atoms with Gasteiger partial charge in [-0.15, -0.1) is 4.73 Å². The first-order chi connectivity index (χ1) is 15.8. The molecule has 0 saturated carbocycles. The van der Waals surface area contributed by atoms with Gasteiger partial charge >= 0.3 is 0 Å². The van der Waals surface area contributed by atoms with E-state index in [9.17, 15) is 14.4 Å². The number of H-pyrrole nitrogens is 1. The van der Waals surface area contributed by atoms with Crippen LogP contribution in [0.2, 0.25) is 0 Å². The predicted molar refractivity (Wildman–Crippen MR) is 124 cm³/mol. The number of para-hydroxylation sites is 1. The van der Waals surface area contributed by atoms with Gasteiger partial charge in [0.05, 0.1) is 28.4 Å². The van der Waals surface area contributed by atoms with Gasteiger partial charge in [0, 0.05) is 5.69 Å². The van der Waals surface area contributed by atoms with Crippen LogP contribution in [0.4, 0.5) is 0 Å². The lowest BCUT2D eigenvalue weighted by atomic mass is 10.2. The fourth-order valence-electron chi connectivity index (χ4n) is 3.29. The Labute approximate surface area is 188 Å². The average molecular weight is 446 g/mol. The van der Waals surface area contributed by atoms with Crippen molar-refractivity contribution in [2.24, 2.45) is 5.10 Å². The van der Waals surface area contributed by atoms with Gasteiger partial charge in [-0.3, -0.25) is 19.5 Å². The lowest BCUT2D eigenvalue weighted by molar-refractivity contribution is -0.126. The van der Waals surface area contributed by atoms with Crippen LogP contribution in [0.15, 0.2) is 63.2 Å². The summed E-state index contributed by atoms with van der Waals surface area (Å²) in [5, 5.41) is 7.23. The summed E-state index contributed by atoms with van der Waals surface area (Å²) >= 11 is 0. The Bertz CT molecular complexity index is 1480. The molecular formula is C23H22N6O4. The number of fused-ring (bicyclic) bond motifs is 1. The molecule has 0 aliphatic rings.